The van der Waals surface area contributed by atoms with Crippen molar-refractivity contribution in [1.29, 1.82) is 0 Å². The van der Waals surface area contributed by atoms with Gasteiger partial charge in [0.1, 0.15) is 0 Å². The minimum absolute atomic E-state index is 0.395. The van der Waals surface area contributed by atoms with E-state index in [2.05, 4.69) is 65.9 Å². The molecule has 2 unspecified atom stereocenters. The van der Waals surface area contributed by atoms with Gasteiger partial charge in [0.25, 0.3) is 0 Å². The van der Waals surface area contributed by atoms with Gasteiger partial charge in [-0.1, -0.05) is 6.07 Å². The average Bonchev–Trinajstić information content (AvgIpc) is 3.33. The molecule has 0 spiro atoms. The molecule has 2 saturated heterocycles. The molecule has 4 aromatic rings. The van der Waals surface area contributed by atoms with Gasteiger partial charge >= 0.3 is 0 Å². The summed E-state index contributed by atoms with van der Waals surface area (Å²) in [6.07, 6.45) is 9.18. The molecule has 11 heteroatoms. The quantitative estimate of drug-likeness (QED) is 0.441. The summed E-state index contributed by atoms with van der Waals surface area (Å²) in [5.41, 5.74) is 2.79. The van der Waals surface area contributed by atoms with Crippen LogP contribution < -0.4 is 10.2 Å². The highest BCUT2D eigenvalue weighted by atomic mass is 32.2. The molecule has 6 rings (SSSR count). The maximum absolute atomic E-state index is 12.1. The first-order chi connectivity index (χ1) is 17.3. The summed E-state index contributed by atoms with van der Waals surface area (Å²) in [5, 5.41) is 8.54. The fraction of sp³-hybridized carbons (Fsp3) is 0.360. The van der Waals surface area contributed by atoms with Crippen LogP contribution in [0.15, 0.2) is 59.2 Å². The number of anilines is 3. The van der Waals surface area contributed by atoms with E-state index in [1.807, 2.05) is 12.1 Å². The molecule has 0 amide bonds. The second-order valence-corrected chi connectivity index (χ2v) is 12.3. The van der Waals surface area contributed by atoms with Crippen LogP contribution in [0.4, 0.5) is 23.1 Å². The molecule has 3 aromatic heterocycles. The van der Waals surface area contributed by atoms with Gasteiger partial charge in [0.15, 0.2) is 17.3 Å². The molecule has 2 aliphatic rings. The van der Waals surface area contributed by atoms with Crippen molar-refractivity contribution in [3.05, 3.63) is 54.9 Å². The predicted molar refractivity (Wildman–Crippen MR) is 143 cm³/mol. The van der Waals surface area contributed by atoms with Gasteiger partial charge in [0, 0.05) is 65.0 Å². The smallest absolute Gasteiger partial charge is 0.229 e. The fourth-order valence-corrected chi connectivity index (χ4v) is 5.61. The van der Waals surface area contributed by atoms with Gasteiger partial charge in [0.05, 0.1) is 11.6 Å². The van der Waals surface area contributed by atoms with Crippen molar-refractivity contribution >= 4 is 43.9 Å². The molecular weight excluding hydrogens is 474 g/mol. The van der Waals surface area contributed by atoms with Crippen molar-refractivity contribution in [3.8, 4) is 5.82 Å². The monoisotopic (exact) mass is 503 g/mol. The van der Waals surface area contributed by atoms with E-state index in [4.69, 9.17) is 4.98 Å². The van der Waals surface area contributed by atoms with Crippen molar-refractivity contribution in [2.45, 2.75) is 24.9 Å². The lowest BCUT2D eigenvalue weighted by Gasteiger charge is -2.40. The number of likely N-dealkylation sites (N-methyl/N-ethyl adjacent to an activating group) is 1. The normalized spacial score (nSPS) is 20.1. The molecule has 2 atom stereocenters. The molecule has 36 heavy (non-hydrogen) atoms. The lowest BCUT2D eigenvalue weighted by molar-refractivity contribution is 0.212. The van der Waals surface area contributed by atoms with Crippen molar-refractivity contribution in [3.63, 3.8) is 0 Å². The summed E-state index contributed by atoms with van der Waals surface area (Å²) < 4.78 is 17.9. The number of hydrogen-bond donors (Lipinski definition) is 1. The summed E-state index contributed by atoms with van der Waals surface area (Å²) in [6.45, 7) is 2.17. The third kappa shape index (κ3) is 4.51. The Morgan fingerprint density at radius 1 is 1.00 bits per heavy atom. The van der Waals surface area contributed by atoms with E-state index >= 15 is 0 Å². The number of piperazine rings is 1. The van der Waals surface area contributed by atoms with Gasteiger partial charge in [0.2, 0.25) is 5.95 Å². The number of benzene rings is 1. The Balaban J connectivity index is 1.23. The van der Waals surface area contributed by atoms with Gasteiger partial charge < -0.3 is 10.2 Å². The Labute approximate surface area is 210 Å². The molecule has 5 heterocycles. The van der Waals surface area contributed by atoms with Crippen LogP contribution in [0.5, 0.6) is 0 Å². The lowest BCUT2D eigenvalue weighted by Crippen LogP contribution is -2.51. The van der Waals surface area contributed by atoms with Crippen LogP contribution in [-0.4, -0.2) is 78.6 Å². The topological polar surface area (TPSA) is 104 Å². The zero-order chi connectivity index (χ0) is 24.9. The first kappa shape index (κ1) is 22.9. The summed E-state index contributed by atoms with van der Waals surface area (Å²) >= 11 is 0. The molecule has 2 bridgehead atoms. The summed E-state index contributed by atoms with van der Waals surface area (Å²) in [4.78, 5) is 18.7. The van der Waals surface area contributed by atoms with Crippen LogP contribution in [0.3, 0.4) is 0 Å². The van der Waals surface area contributed by atoms with Gasteiger partial charge in [-0.3, -0.25) is 4.90 Å². The first-order valence-corrected chi connectivity index (χ1v) is 14.3. The number of nitrogens with zero attached hydrogens (tertiary/aromatic N) is 8. The zero-order valence-corrected chi connectivity index (χ0v) is 21.4. The van der Waals surface area contributed by atoms with Crippen LogP contribution in [0.1, 0.15) is 12.8 Å². The average molecular weight is 504 g/mol. The fourth-order valence-electron chi connectivity index (χ4n) is 5.06. The SMILES string of the molecule is CN1C2CCC1CN(c1ccc(Nc3ncc4cnn(-c5cccc(N=S(C)(C)=O)n5)c4n3)cc1)C2. The summed E-state index contributed by atoms with van der Waals surface area (Å²) in [5.74, 6) is 1.41. The van der Waals surface area contributed by atoms with E-state index < -0.39 is 9.73 Å². The van der Waals surface area contributed by atoms with Crippen molar-refractivity contribution in [1.82, 2.24) is 29.6 Å². The van der Waals surface area contributed by atoms with Gasteiger partial charge in [-0.15, -0.1) is 0 Å². The Bertz CT molecular complexity index is 1520. The van der Waals surface area contributed by atoms with Gasteiger partial charge in [-0.05, 0) is 56.3 Å². The van der Waals surface area contributed by atoms with E-state index in [0.29, 0.717) is 35.3 Å². The Kier molecular flexibility index (Phi) is 5.60. The van der Waals surface area contributed by atoms with E-state index in [1.54, 1.807) is 35.7 Å². The van der Waals surface area contributed by atoms with Gasteiger partial charge in [-0.2, -0.15) is 19.1 Å². The molecule has 186 valence electrons. The minimum atomic E-state index is -2.32. The molecule has 0 aliphatic carbocycles. The predicted octanol–water partition coefficient (Wildman–Crippen LogP) is 3.60. The molecule has 10 nitrogen and oxygen atoms in total. The van der Waals surface area contributed by atoms with E-state index in [1.165, 1.54) is 18.5 Å². The molecule has 2 fully saturated rings. The van der Waals surface area contributed by atoms with Crippen LogP contribution >= 0.6 is 0 Å². The summed E-state index contributed by atoms with van der Waals surface area (Å²) in [6, 6.07) is 15.1. The highest BCUT2D eigenvalue weighted by Gasteiger charge is 2.37. The molecule has 0 radical (unpaired) electrons. The first-order valence-electron chi connectivity index (χ1n) is 12.0. The molecule has 0 saturated carbocycles. The van der Waals surface area contributed by atoms with Crippen molar-refractivity contribution < 1.29 is 4.21 Å². The highest BCUT2D eigenvalue weighted by Crippen LogP contribution is 2.32. The molecule has 2 aliphatic heterocycles. The van der Waals surface area contributed by atoms with Crippen LogP contribution in [-0.2, 0) is 9.73 Å². The summed E-state index contributed by atoms with van der Waals surface area (Å²) in [7, 11) is -0.0641. The molecule has 1 aromatic carbocycles. The van der Waals surface area contributed by atoms with E-state index in [0.717, 1.165) is 24.2 Å². The number of nitrogens with one attached hydrogen (secondary N) is 1. The molecule has 1 N–H and O–H groups in total. The highest BCUT2D eigenvalue weighted by molar-refractivity contribution is 7.92. The van der Waals surface area contributed by atoms with Crippen LogP contribution in [0, 0.1) is 0 Å². The van der Waals surface area contributed by atoms with Crippen molar-refractivity contribution in [2.24, 2.45) is 4.36 Å². The van der Waals surface area contributed by atoms with Crippen molar-refractivity contribution in [2.75, 3.05) is 42.9 Å². The Morgan fingerprint density at radius 2 is 1.75 bits per heavy atom. The van der Waals surface area contributed by atoms with E-state index in [9.17, 15) is 4.21 Å². The number of fused-ring (bicyclic) bond motifs is 3. The Hall–Kier alpha value is -3.57. The third-order valence-corrected chi connectivity index (χ3v) is 7.52. The maximum Gasteiger partial charge on any atom is 0.229 e. The zero-order valence-electron chi connectivity index (χ0n) is 20.6. The maximum atomic E-state index is 12.1. The second-order valence-electron chi connectivity index (χ2n) is 9.78. The Morgan fingerprint density at radius 3 is 2.47 bits per heavy atom. The standard InChI is InChI=1S/C25H29N9OS/c1-32-20-11-12-21(32)16-33(15-20)19-9-7-18(8-10-19)28-25-26-13-17-14-27-34(24(17)30-25)23-6-4-5-22(29-23)31-36(2,3)35/h4-10,13-14,20-21H,11-12,15-16H2,1-3H3,(H,26,28,30). The third-order valence-electron chi connectivity index (χ3n) is 6.89. The van der Waals surface area contributed by atoms with Crippen LogP contribution in [0.2, 0.25) is 0 Å². The lowest BCUT2D eigenvalue weighted by atomic mass is 10.1. The number of pyridine rings is 1. The molecular formula is C25H29N9OS. The van der Waals surface area contributed by atoms with Gasteiger partial charge in [-0.25, -0.2) is 14.2 Å². The van der Waals surface area contributed by atoms with Crippen LogP contribution in [0.25, 0.3) is 16.9 Å². The number of hydrogen-bond acceptors (Lipinski definition) is 9. The van der Waals surface area contributed by atoms with E-state index in [-0.39, 0.29) is 0 Å². The number of rotatable bonds is 5. The minimum Gasteiger partial charge on any atom is -0.368 e. The number of aromatic nitrogens is 5. The largest absolute Gasteiger partial charge is 0.368 e. The second kappa shape index (κ2) is 8.82.